The van der Waals surface area contributed by atoms with Gasteiger partial charge in [0.25, 0.3) is 5.91 Å². The van der Waals surface area contributed by atoms with Crippen molar-refractivity contribution in [1.29, 1.82) is 0 Å². The predicted octanol–water partition coefficient (Wildman–Crippen LogP) is 4.55. The van der Waals surface area contributed by atoms with Crippen molar-refractivity contribution < 1.29 is 9.53 Å². The summed E-state index contributed by atoms with van der Waals surface area (Å²) < 4.78 is 5.54. The van der Waals surface area contributed by atoms with Gasteiger partial charge in [0.1, 0.15) is 0 Å². The molecule has 0 aliphatic rings. The molecule has 0 aliphatic heterocycles. The summed E-state index contributed by atoms with van der Waals surface area (Å²) in [5.41, 5.74) is 4.29. The molecule has 0 bridgehead atoms. The van der Waals surface area contributed by atoms with Crippen LogP contribution in [0, 0.1) is 13.8 Å². The number of fused-ring (bicyclic) bond motifs is 1. The maximum atomic E-state index is 12.7. The van der Waals surface area contributed by atoms with E-state index in [4.69, 9.17) is 16.3 Å². The highest BCUT2D eigenvalue weighted by Gasteiger charge is 2.18. The Kier molecular flexibility index (Phi) is 4.86. The fourth-order valence-electron chi connectivity index (χ4n) is 2.44. The molecule has 1 N–H and O–H groups in total. The first kappa shape index (κ1) is 17.2. The number of carbonyl (C=O) groups excluding carboxylic acids is 1. The van der Waals surface area contributed by atoms with Crippen LogP contribution in [0.5, 0.6) is 5.88 Å². The molecule has 1 aromatic heterocycles. The number of aromatic nitrogens is 2. The van der Waals surface area contributed by atoms with Crippen LogP contribution in [0.3, 0.4) is 0 Å². The Labute approximate surface area is 151 Å². The van der Waals surface area contributed by atoms with E-state index in [0.29, 0.717) is 28.4 Å². The lowest BCUT2D eigenvalue weighted by molar-refractivity contribution is 0.101. The first-order chi connectivity index (χ1) is 12.0. The van der Waals surface area contributed by atoms with Crippen molar-refractivity contribution in [3.05, 3.63) is 58.2 Å². The number of anilines is 1. The van der Waals surface area contributed by atoms with E-state index in [0.717, 1.165) is 11.1 Å². The minimum atomic E-state index is -0.390. The van der Waals surface area contributed by atoms with E-state index in [1.54, 1.807) is 24.3 Å². The molecule has 0 spiro atoms. The van der Waals surface area contributed by atoms with Gasteiger partial charge in [0.15, 0.2) is 5.69 Å². The third-order valence-corrected chi connectivity index (χ3v) is 4.06. The van der Waals surface area contributed by atoms with Crippen LogP contribution in [0.15, 0.2) is 36.4 Å². The van der Waals surface area contributed by atoms with Gasteiger partial charge >= 0.3 is 0 Å². The van der Waals surface area contributed by atoms with Gasteiger partial charge in [0.2, 0.25) is 5.88 Å². The number of benzene rings is 2. The highest BCUT2D eigenvalue weighted by atomic mass is 35.5. The molecule has 1 heterocycles. The topological polar surface area (TPSA) is 64.1 Å². The van der Waals surface area contributed by atoms with E-state index in [9.17, 15) is 4.79 Å². The number of halogens is 1. The van der Waals surface area contributed by atoms with Crippen LogP contribution in [0.25, 0.3) is 11.0 Å². The second kappa shape index (κ2) is 7.07. The molecule has 0 fully saturated rings. The number of amides is 1. The molecule has 0 radical (unpaired) electrons. The molecule has 2 aromatic carbocycles. The molecule has 128 valence electrons. The van der Waals surface area contributed by atoms with Gasteiger partial charge in [-0.3, -0.25) is 4.79 Å². The van der Waals surface area contributed by atoms with E-state index in [2.05, 4.69) is 15.3 Å². The molecule has 25 heavy (non-hydrogen) atoms. The summed E-state index contributed by atoms with van der Waals surface area (Å²) in [6.07, 6.45) is 0. The Balaban J connectivity index is 2.04. The largest absolute Gasteiger partial charge is 0.476 e. The number of carbonyl (C=O) groups is 1. The molecule has 0 atom stereocenters. The minimum Gasteiger partial charge on any atom is -0.476 e. The number of nitrogens with one attached hydrogen (secondary N) is 1. The lowest BCUT2D eigenvalue weighted by atomic mass is 10.1. The third-order valence-electron chi connectivity index (χ3n) is 3.83. The average Bonchev–Trinajstić information content (AvgIpc) is 2.56. The fourth-order valence-corrected chi connectivity index (χ4v) is 2.63. The molecule has 6 heteroatoms. The maximum Gasteiger partial charge on any atom is 0.279 e. The molecule has 0 unspecified atom stereocenters. The molecule has 0 saturated carbocycles. The summed E-state index contributed by atoms with van der Waals surface area (Å²) >= 11 is 5.96. The van der Waals surface area contributed by atoms with Gasteiger partial charge < -0.3 is 10.1 Å². The highest BCUT2D eigenvalue weighted by Crippen LogP contribution is 2.23. The van der Waals surface area contributed by atoms with Gasteiger partial charge in [-0.05, 0) is 62.2 Å². The monoisotopic (exact) mass is 355 g/mol. The van der Waals surface area contributed by atoms with Crippen LogP contribution in [0.2, 0.25) is 5.02 Å². The van der Waals surface area contributed by atoms with Crippen LogP contribution >= 0.6 is 11.6 Å². The summed E-state index contributed by atoms with van der Waals surface area (Å²) in [5, 5.41) is 3.32. The van der Waals surface area contributed by atoms with Crippen molar-refractivity contribution in [3.8, 4) is 5.88 Å². The number of aryl methyl sites for hydroxylation is 2. The summed E-state index contributed by atoms with van der Waals surface area (Å²) in [7, 11) is 0. The Bertz CT molecular complexity index is 957. The second-order valence-corrected chi connectivity index (χ2v) is 6.14. The van der Waals surface area contributed by atoms with Gasteiger partial charge in [-0.15, -0.1) is 0 Å². The number of hydrogen-bond acceptors (Lipinski definition) is 4. The van der Waals surface area contributed by atoms with Crippen molar-refractivity contribution in [2.24, 2.45) is 0 Å². The number of rotatable bonds is 4. The lowest BCUT2D eigenvalue weighted by Gasteiger charge is -2.11. The maximum absolute atomic E-state index is 12.7. The Morgan fingerprint density at radius 3 is 2.44 bits per heavy atom. The van der Waals surface area contributed by atoms with E-state index >= 15 is 0 Å². The highest BCUT2D eigenvalue weighted by molar-refractivity contribution is 6.31. The average molecular weight is 356 g/mol. The molecular weight excluding hydrogens is 338 g/mol. The van der Waals surface area contributed by atoms with Gasteiger partial charge in [-0.2, -0.15) is 0 Å². The van der Waals surface area contributed by atoms with Crippen molar-refractivity contribution in [2.45, 2.75) is 20.8 Å². The molecule has 0 saturated heterocycles. The minimum absolute atomic E-state index is 0.151. The quantitative estimate of drug-likeness (QED) is 0.745. The molecule has 5 nitrogen and oxygen atoms in total. The third kappa shape index (κ3) is 3.72. The zero-order chi connectivity index (χ0) is 18.0. The van der Waals surface area contributed by atoms with E-state index in [-0.39, 0.29) is 11.6 Å². The normalized spacial score (nSPS) is 10.7. The Morgan fingerprint density at radius 1 is 1.12 bits per heavy atom. The first-order valence-electron chi connectivity index (χ1n) is 7.96. The van der Waals surface area contributed by atoms with Crippen molar-refractivity contribution in [1.82, 2.24) is 9.97 Å². The first-order valence-corrected chi connectivity index (χ1v) is 8.34. The molecule has 3 rings (SSSR count). The summed E-state index contributed by atoms with van der Waals surface area (Å²) in [6.45, 7) is 6.24. The summed E-state index contributed by atoms with van der Waals surface area (Å²) in [4.78, 5) is 21.6. The Morgan fingerprint density at radius 2 is 1.80 bits per heavy atom. The number of hydrogen-bond donors (Lipinski definition) is 1. The molecule has 0 aliphatic carbocycles. The van der Waals surface area contributed by atoms with Gasteiger partial charge in [0, 0.05) is 10.7 Å². The predicted molar refractivity (Wildman–Crippen MR) is 99.6 cm³/mol. The van der Waals surface area contributed by atoms with Gasteiger partial charge in [-0.1, -0.05) is 17.7 Å². The lowest BCUT2D eigenvalue weighted by Crippen LogP contribution is -2.16. The number of nitrogens with zero attached hydrogens (tertiary/aromatic N) is 2. The smallest absolute Gasteiger partial charge is 0.279 e. The van der Waals surface area contributed by atoms with Crippen LogP contribution in [-0.2, 0) is 0 Å². The van der Waals surface area contributed by atoms with Crippen LogP contribution in [-0.4, -0.2) is 22.5 Å². The van der Waals surface area contributed by atoms with Crippen molar-refractivity contribution in [3.63, 3.8) is 0 Å². The summed E-state index contributed by atoms with van der Waals surface area (Å²) in [5.74, 6) is -0.170. The van der Waals surface area contributed by atoms with Crippen LogP contribution in [0.4, 0.5) is 5.69 Å². The Hall–Kier alpha value is -2.66. The fraction of sp³-hybridized carbons (Fsp3) is 0.211. The second-order valence-electron chi connectivity index (χ2n) is 5.70. The van der Waals surface area contributed by atoms with E-state index in [1.807, 2.05) is 32.9 Å². The number of ether oxygens (including phenoxy) is 1. The molecule has 1 amide bonds. The zero-order valence-electron chi connectivity index (χ0n) is 14.3. The van der Waals surface area contributed by atoms with Gasteiger partial charge in [0.05, 0.1) is 17.6 Å². The summed E-state index contributed by atoms with van der Waals surface area (Å²) in [6, 6.07) is 10.8. The molecular formula is C19H18ClN3O2. The standard InChI is InChI=1S/C19H18ClN3O2/c1-4-25-19-17(18(24)21-14-7-5-6-13(20)10-14)22-15-8-11(2)12(3)9-16(15)23-19/h5-10H,4H2,1-3H3,(H,21,24). The van der Waals surface area contributed by atoms with E-state index < -0.39 is 5.91 Å². The SMILES string of the molecule is CCOc1nc2cc(C)c(C)cc2nc1C(=O)Nc1cccc(Cl)c1. The van der Waals surface area contributed by atoms with E-state index in [1.165, 1.54) is 0 Å². The van der Waals surface area contributed by atoms with Crippen LogP contribution in [0.1, 0.15) is 28.5 Å². The molecule has 3 aromatic rings. The zero-order valence-corrected chi connectivity index (χ0v) is 15.0. The van der Waals surface area contributed by atoms with Gasteiger partial charge in [-0.25, -0.2) is 9.97 Å². The van der Waals surface area contributed by atoms with Crippen molar-refractivity contribution in [2.75, 3.05) is 11.9 Å². The van der Waals surface area contributed by atoms with Crippen LogP contribution < -0.4 is 10.1 Å². The van der Waals surface area contributed by atoms with Crippen molar-refractivity contribution >= 4 is 34.2 Å².